The third kappa shape index (κ3) is 2.56. The second kappa shape index (κ2) is 5.75. The maximum absolute atomic E-state index is 5.34. The molecule has 0 aliphatic carbocycles. The van der Waals surface area contributed by atoms with Gasteiger partial charge in [-0.15, -0.1) is 0 Å². The number of ether oxygens (including phenoxy) is 2. The van der Waals surface area contributed by atoms with Gasteiger partial charge in [0.2, 0.25) is 0 Å². The van der Waals surface area contributed by atoms with Crippen molar-refractivity contribution in [2.24, 2.45) is 7.05 Å². The lowest BCUT2D eigenvalue weighted by molar-refractivity contribution is 0.354. The van der Waals surface area contributed by atoms with Crippen molar-refractivity contribution in [1.29, 1.82) is 0 Å². The van der Waals surface area contributed by atoms with Crippen molar-refractivity contribution >= 4 is 0 Å². The molecular formula is C14H19N3O2. The zero-order chi connectivity index (χ0) is 13.8. The van der Waals surface area contributed by atoms with E-state index >= 15 is 0 Å². The summed E-state index contributed by atoms with van der Waals surface area (Å²) in [5, 5.41) is 3.29. The highest BCUT2D eigenvalue weighted by Gasteiger charge is 2.17. The lowest BCUT2D eigenvalue weighted by Gasteiger charge is -2.18. The molecule has 1 unspecified atom stereocenters. The quantitative estimate of drug-likeness (QED) is 0.890. The van der Waals surface area contributed by atoms with Gasteiger partial charge in [-0.25, -0.2) is 4.98 Å². The van der Waals surface area contributed by atoms with Gasteiger partial charge in [-0.05, 0) is 24.7 Å². The summed E-state index contributed by atoms with van der Waals surface area (Å²) < 4.78 is 12.6. The van der Waals surface area contributed by atoms with E-state index in [2.05, 4.69) is 10.3 Å². The topological polar surface area (TPSA) is 48.3 Å². The molecule has 1 aromatic carbocycles. The van der Waals surface area contributed by atoms with E-state index in [1.54, 1.807) is 20.5 Å². The van der Waals surface area contributed by atoms with Crippen LogP contribution in [0.2, 0.25) is 0 Å². The Morgan fingerprint density at radius 2 is 1.95 bits per heavy atom. The molecule has 102 valence electrons. The van der Waals surface area contributed by atoms with Crippen LogP contribution in [0.5, 0.6) is 11.5 Å². The first-order valence-corrected chi connectivity index (χ1v) is 6.06. The summed E-state index contributed by atoms with van der Waals surface area (Å²) in [4.78, 5) is 4.16. The molecule has 0 amide bonds. The van der Waals surface area contributed by atoms with Crippen LogP contribution >= 0.6 is 0 Å². The van der Waals surface area contributed by atoms with E-state index in [4.69, 9.17) is 9.47 Å². The minimum Gasteiger partial charge on any atom is -0.493 e. The summed E-state index contributed by atoms with van der Waals surface area (Å²) in [7, 11) is 7.18. The molecule has 1 N–H and O–H groups in total. The molecule has 19 heavy (non-hydrogen) atoms. The average Bonchev–Trinajstić information content (AvgIpc) is 2.86. The number of aromatic nitrogens is 2. The highest BCUT2D eigenvalue weighted by atomic mass is 16.5. The zero-order valence-corrected chi connectivity index (χ0v) is 11.7. The van der Waals surface area contributed by atoms with Gasteiger partial charge in [0, 0.05) is 7.05 Å². The molecule has 2 aromatic rings. The minimum atomic E-state index is 0.0623. The van der Waals surface area contributed by atoms with Crippen molar-refractivity contribution in [3.8, 4) is 11.5 Å². The van der Waals surface area contributed by atoms with Crippen molar-refractivity contribution in [3.63, 3.8) is 0 Å². The van der Waals surface area contributed by atoms with E-state index in [-0.39, 0.29) is 6.04 Å². The van der Waals surface area contributed by atoms with Gasteiger partial charge in [-0.1, -0.05) is 6.07 Å². The Balaban J connectivity index is 2.42. The van der Waals surface area contributed by atoms with Crippen LogP contribution in [-0.2, 0) is 7.05 Å². The van der Waals surface area contributed by atoms with Gasteiger partial charge in [0.05, 0.1) is 38.5 Å². The molecule has 1 atom stereocenters. The van der Waals surface area contributed by atoms with Crippen molar-refractivity contribution in [2.75, 3.05) is 21.3 Å². The van der Waals surface area contributed by atoms with Crippen molar-refractivity contribution in [2.45, 2.75) is 6.04 Å². The second-order valence-corrected chi connectivity index (χ2v) is 4.27. The van der Waals surface area contributed by atoms with Gasteiger partial charge in [-0.3, -0.25) is 0 Å². The monoisotopic (exact) mass is 261 g/mol. The molecule has 0 radical (unpaired) electrons. The first-order valence-electron chi connectivity index (χ1n) is 6.06. The Morgan fingerprint density at radius 1 is 1.21 bits per heavy atom. The van der Waals surface area contributed by atoms with E-state index in [1.807, 2.05) is 43.1 Å². The zero-order valence-electron chi connectivity index (χ0n) is 11.7. The van der Waals surface area contributed by atoms with Crippen LogP contribution in [0.3, 0.4) is 0 Å². The highest BCUT2D eigenvalue weighted by Crippen LogP contribution is 2.31. The van der Waals surface area contributed by atoms with E-state index < -0.39 is 0 Å². The number of rotatable bonds is 5. The number of methoxy groups -OCH3 is 2. The van der Waals surface area contributed by atoms with Gasteiger partial charge in [0.25, 0.3) is 0 Å². The molecule has 0 saturated heterocycles. The molecule has 5 nitrogen and oxygen atoms in total. The summed E-state index contributed by atoms with van der Waals surface area (Å²) >= 11 is 0. The fourth-order valence-corrected chi connectivity index (χ4v) is 2.16. The smallest absolute Gasteiger partial charge is 0.161 e. The maximum Gasteiger partial charge on any atom is 0.161 e. The Kier molecular flexibility index (Phi) is 4.06. The number of aryl methyl sites for hydroxylation is 1. The summed E-state index contributed by atoms with van der Waals surface area (Å²) in [6, 6.07) is 5.98. The average molecular weight is 261 g/mol. The van der Waals surface area contributed by atoms with Crippen molar-refractivity contribution < 1.29 is 9.47 Å². The molecule has 1 aromatic heterocycles. The molecule has 0 aliphatic heterocycles. The van der Waals surface area contributed by atoms with Crippen LogP contribution in [-0.4, -0.2) is 30.8 Å². The highest BCUT2D eigenvalue weighted by molar-refractivity contribution is 5.45. The van der Waals surface area contributed by atoms with E-state index in [9.17, 15) is 0 Å². The number of nitrogens with zero attached hydrogens (tertiary/aromatic N) is 2. The van der Waals surface area contributed by atoms with Crippen LogP contribution in [0.1, 0.15) is 17.3 Å². The molecule has 2 rings (SSSR count). The van der Waals surface area contributed by atoms with Gasteiger partial charge in [-0.2, -0.15) is 0 Å². The van der Waals surface area contributed by atoms with E-state index in [1.165, 1.54) is 0 Å². The standard InChI is InChI=1S/C14H19N3O2/c1-15-14(11-8-16-9-17(11)2)10-5-6-12(18-3)13(7-10)19-4/h5-9,14-15H,1-4H3. The number of hydrogen-bond acceptors (Lipinski definition) is 4. The van der Waals surface area contributed by atoms with Crippen LogP contribution in [0.25, 0.3) is 0 Å². The Hall–Kier alpha value is -2.01. The first-order chi connectivity index (χ1) is 9.21. The van der Waals surface area contributed by atoms with Crippen LogP contribution in [0.4, 0.5) is 0 Å². The molecule has 0 aliphatic rings. The largest absolute Gasteiger partial charge is 0.493 e. The van der Waals surface area contributed by atoms with Crippen molar-refractivity contribution in [3.05, 3.63) is 42.0 Å². The summed E-state index contributed by atoms with van der Waals surface area (Å²) in [6.45, 7) is 0. The van der Waals surface area contributed by atoms with Gasteiger partial charge < -0.3 is 19.4 Å². The lowest BCUT2D eigenvalue weighted by Crippen LogP contribution is -2.20. The van der Waals surface area contributed by atoms with Gasteiger partial charge >= 0.3 is 0 Å². The first kappa shape index (κ1) is 13.4. The molecule has 1 heterocycles. The lowest BCUT2D eigenvalue weighted by atomic mass is 10.0. The Bertz CT molecular complexity index is 551. The SMILES string of the molecule is CNC(c1ccc(OC)c(OC)c1)c1cncn1C. The third-order valence-corrected chi connectivity index (χ3v) is 3.18. The molecule has 5 heteroatoms. The maximum atomic E-state index is 5.34. The fourth-order valence-electron chi connectivity index (χ4n) is 2.16. The summed E-state index contributed by atoms with van der Waals surface area (Å²) in [5.41, 5.74) is 2.19. The normalized spacial score (nSPS) is 12.2. The third-order valence-electron chi connectivity index (χ3n) is 3.18. The van der Waals surface area contributed by atoms with Crippen LogP contribution < -0.4 is 14.8 Å². The Labute approximate surface area is 113 Å². The van der Waals surface area contributed by atoms with Crippen LogP contribution in [0, 0.1) is 0 Å². The van der Waals surface area contributed by atoms with Crippen molar-refractivity contribution in [1.82, 2.24) is 14.9 Å². The van der Waals surface area contributed by atoms with Crippen LogP contribution in [0.15, 0.2) is 30.7 Å². The Morgan fingerprint density at radius 3 is 2.47 bits per heavy atom. The second-order valence-electron chi connectivity index (χ2n) is 4.27. The predicted molar refractivity (Wildman–Crippen MR) is 73.7 cm³/mol. The molecule has 0 saturated carbocycles. The summed E-state index contributed by atoms with van der Waals surface area (Å²) in [5.74, 6) is 1.45. The fraction of sp³-hybridized carbons (Fsp3) is 0.357. The molecular weight excluding hydrogens is 242 g/mol. The minimum absolute atomic E-state index is 0.0623. The number of hydrogen-bond donors (Lipinski definition) is 1. The number of nitrogens with one attached hydrogen (secondary N) is 1. The number of imidazole rings is 1. The van der Waals surface area contributed by atoms with E-state index in [0.717, 1.165) is 22.8 Å². The predicted octanol–water partition coefficient (Wildman–Crippen LogP) is 1.75. The molecule has 0 spiro atoms. The molecule has 0 bridgehead atoms. The summed E-state index contributed by atoms with van der Waals surface area (Å²) in [6.07, 6.45) is 3.65. The van der Waals surface area contributed by atoms with E-state index in [0.29, 0.717) is 0 Å². The number of benzene rings is 1. The molecule has 0 fully saturated rings. The van der Waals surface area contributed by atoms with Gasteiger partial charge in [0.1, 0.15) is 0 Å². The van der Waals surface area contributed by atoms with Gasteiger partial charge in [0.15, 0.2) is 11.5 Å².